The maximum Gasteiger partial charge on any atom is 0.250 e. The molecule has 0 saturated carbocycles. The lowest BCUT2D eigenvalue weighted by molar-refractivity contribution is -0.131. The minimum Gasteiger partial charge on any atom is -0.501 e. The molecule has 3 N–H and O–H groups in total. The Morgan fingerprint density at radius 3 is 2.71 bits per heavy atom. The molecule has 6 heteroatoms. The van der Waals surface area contributed by atoms with E-state index in [1.807, 2.05) is 0 Å². The molecular weight excluding hydrogens is 249 g/mol. The minimum atomic E-state index is -1.68. The molecule has 1 aliphatic heterocycles. The molecule has 0 fully saturated rings. The van der Waals surface area contributed by atoms with E-state index in [1.165, 1.54) is 25.1 Å². The molecule has 0 amide bonds. The number of carbonyl (C=O) groups excluding carboxylic acids is 1. The number of carbonyl (C=O) groups is 1. The van der Waals surface area contributed by atoms with Crippen LogP contribution in [-0.4, -0.2) is 10.9 Å². The van der Waals surface area contributed by atoms with Crippen molar-refractivity contribution in [3.8, 4) is 0 Å². The van der Waals surface area contributed by atoms with Crippen molar-refractivity contribution in [2.45, 2.75) is 12.5 Å². The van der Waals surface area contributed by atoms with Crippen LogP contribution >= 0.6 is 11.6 Å². The van der Waals surface area contributed by atoms with Crippen LogP contribution in [0.1, 0.15) is 12.5 Å². The first-order valence-corrected chi connectivity index (χ1v) is 5.12. The van der Waals surface area contributed by atoms with E-state index in [4.69, 9.17) is 22.1 Å². The lowest BCUT2D eigenvalue weighted by Crippen LogP contribution is -2.32. The minimum absolute atomic E-state index is 0.0676. The van der Waals surface area contributed by atoms with Gasteiger partial charge in [-0.25, -0.2) is 4.39 Å². The zero-order chi connectivity index (χ0) is 12.8. The number of hydrogen-bond acceptors (Lipinski definition) is 4. The van der Waals surface area contributed by atoms with Crippen LogP contribution in [0.15, 0.2) is 29.8 Å². The van der Waals surface area contributed by atoms with Crippen molar-refractivity contribution in [3.05, 3.63) is 46.2 Å². The molecule has 0 spiro atoms. The van der Waals surface area contributed by atoms with Gasteiger partial charge in [-0.05, 0) is 13.0 Å². The Kier molecular flexibility index (Phi) is 2.50. The van der Waals surface area contributed by atoms with Crippen LogP contribution < -0.4 is 5.73 Å². The highest BCUT2D eigenvalue weighted by Gasteiger charge is 2.48. The van der Waals surface area contributed by atoms with Gasteiger partial charge in [-0.1, -0.05) is 23.7 Å². The van der Waals surface area contributed by atoms with E-state index in [2.05, 4.69) is 0 Å². The predicted molar refractivity (Wildman–Crippen MR) is 58.7 cm³/mol. The molecule has 0 saturated heterocycles. The number of nitrogens with two attached hydrogens (primary N) is 1. The molecule has 0 radical (unpaired) electrons. The quantitative estimate of drug-likeness (QED) is 0.807. The van der Waals surface area contributed by atoms with Gasteiger partial charge in [0.2, 0.25) is 17.2 Å². The smallest absolute Gasteiger partial charge is 0.250 e. The van der Waals surface area contributed by atoms with Crippen molar-refractivity contribution in [2.24, 2.45) is 5.73 Å². The number of benzene rings is 1. The topological polar surface area (TPSA) is 72.6 Å². The molecule has 2 rings (SSSR count). The number of halogens is 2. The highest BCUT2D eigenvalue weighted by molar-refractivity contribution is 6.30. The van der Waals surface area contributed by atoms with E-state index < -0.39 is 28.8 Å². The Balaban J connectivity index is 2.56. The lowest BCUT2D eigenvalue weighted by atomic mass is 9.91. The molecule has 1 heterocycles. The van der Waals surface area contributed by atoms with Gasteiger partial charge in [-0.2, -0.15) is 0 Å². The first-order chi connectivity index (χ1) is 7.88. The van der Waals surface area contributed by atoms with Gasteiger partial charge in [-0.15, -0.1) is 0 Å². The monoisotopic (exact) mass is 257 g/mol. The van der Waals surface area contributed by atoms with Gasteiger partial charge in [0.05, 0.1) is 5.02 Å². The van der Waals surface area contributed by atoms with E-state index in [-0.39, 0.29) is 10.6 Å². The third kappa shape index (κ3) is 1.54. The molecule has 17 heavy (non-hydrogen) atoms. The molecule has 90 valence electrons. The van der Waals surface area contributed by atoms with Crippen molar-refractivity contribution < 1.29 is 19.0 Å². The zero-order valence-electron chi connectivity index (χ0n) is 8.83. The van der Waals surface area contributed by atoms with E-state index in [9.17, 15) is 14.3 Å². The number of ether oxygens (including phenoxy) is 1. The second-order valence-corrected chi connectivity index (χ2v) is 4.19. The zero-order valence-corrected chi connectivity index (χ0v) is 9.58. The van der Waals surface area contributed by atoms with E-state index in [0.29, 0.717) is 0 Å². The molecule has 0 aliphatic carbocycles. The van der Waals surface area contributed by atoms with Crippen LogP contribution in [0.5, 0.6) is 0 Å². The largest absolute Gasteiger partial charge is 0.501 e. The Labute approximate surface area is 101 Å². The molecule has 1 aromatic rings. The molecular formula is C11H9ClFNO3. The van der Waals surface area contributed by atoms with Gasteiger partial charge >= 0.3 is 0 Å². The lowest BCUT2D eigenvalue weighted by Gasteiger charge is -2.23. The third-order valence-electron chi connectivity index (χ3n) is 2.66. The highest BCUT2D eigenvalue weighted by Crippen LogP contribution is 2.38. The van der Waals surface area contributed by atoms with Crippen LogP contribution in [0, 0.1) is 5.82 Å². The van der Waals surface area contributed by atoms with Crippen molar-refractivity contribution in [1.82, 2.24) is 0 Å². The summed E-state index contributed by atoms with van der Waals surface area (Å²) in [6, 6.07) is 4.18. The fraction of sp³-hybridized carbons (Fsp3) is 0.182. The highest BCUT2D eigenvalue weighted by atomic mass is 35.5. The van der Waals surface area contributed by atoms with Crippen LogP contribution in [0.3, 0.4) is 0 Å². The summed E-state index contributed by atoms with van der Waals surface area (Å²) in [4.78, 5) is 11.8. The summed E-state index contributed by atoms with van der Waals surface area (Å²) >= 11 is 5.63. The Hall–Kier alpha value is -1.75. The van der Waals surface area contributed by atoms with Crippen molar-refractivity contribution in [2.75, 3.05) is 0 Å². The van der Waals surface area contributed by atoms with Crippen molar-refractivity contribution >= 4 is 17.4 Å². The standard InChI is InChI=1S/C11H9ClFNO3/c1-11(9(16)8(15)10(14)17-11)5-3-2-4-6(12)7(5)13/h2-4,15H,14H2,1H3. The summed E-state index contributed by atoms with van der Waals surface area (Å²) in [5.74, 6) is -2.69. The first kappa shape index (κ1) is 11.7. The van der Waals surface area contributed by atoms with Gasteiger partial charge < -0.3 is 15.6 Å². The van der Waals surface area contributed by atoms with E-state index >= 15 is 0 Å². The molecule has 1 aromatic carbocycles. The fourth-order valence-electron chi connectivity index (χ4n) is 1.70. The summed E-state index contributed by atoms with van der Waals surface area (Å²) in [5, 5.41) is 9.21. The molecule has 0 bridgehead atoms. The summed E-state index contributed by atoms with van der Waals surface area (Å²) in [6.07, 6.45) is 0. The maximum atomic E-state index is 13.8. The van der Waals surface area contributed by atoms with Crippen LogP contribution in [0.2, 0.25) is 5.02 Å². The number of hydrogen-bond donors (Lipinski definition) is 2. The second kappa shape index (κ2) is 3.63. The predicted octanol–water partition coefficient (Wildman–Crippen LogP) is 1.98. The molecule has 4 nitrogen and oxygen atoms in total. The van der Waals surface area contributed by atoms with Gasteiger partial charge in [-0.3, -0.25) is 4.79 Å². The second-order valence-electron chi connectivity index (χ2n) is 3.78. The molecule has 1 unspecified atom stereocenters. The van der Waals surface area contributed by atoms with Crippen molar-refractivity contribution in [3.63, 3.8) is 0 Å². The maximum absolute atomic E-state index is 13.8. The number of ketones is 1. The normalized spacial score (nSPS) is 24.1. The Bertz CT molecular complexity index is 544. The van der Waals surface area contributed by atoms with Gasteiger partial charge in [0, 0.05) is 5.56 Å². The average molecular weight is 258 g/mol. The summed E-state index contributed by atoms with van der Waals surface area (Å²) < 4.78 is 18.9. The van der Waals surface area contributed by atoms with Gasteiger partial charge in [0.25, 0.3) is 5.78 Å². The van der Waals surface area contributed by atoms with Crippen LogP contribution in [0.4, 0.5) is 4.39 Å². The summed E-state index contributed by atoms with van der Waals surface area (Å²) in [5.41, 5.74) is 3.56. The Morgan fingerprint density at radius 1 is 1.53 bits per heavy atom. The first-order valence-electron chi connectivity index (χ1n) is 4.75. The summed E-state index contributed by atoms with van der Waals surface area (Å²) in [7, 11) is 0. The average Bonchev–Trinajstić information content (AvgIpc) is 2.48. The number of aliphatic hydroxyl groups excluding tert-OH is 1. The van der Waals surface area contributed by atoms with E-state index in [1.54, 1.807) is 0 Å². The van der Waals surface area contributed by atoms with E-state index in [0.717, 1.165) is 0 Å². The summed E-state index contributed by atoms with van der Waals surface area (Å²) in [6.45, 7) is 1.32. The molecule has 0 aromatic heterocycles. The van der Waals surface area contributed by atoms with Gasteiger partial charge in [0.15, 0.2) is 0 Å². The third-order valence-corrected chi connectivity index (χ3v) is 2.95. The fourth-order valence-corrected chi connectivity index (χ4v) is 1.88. The van der Waals surface area contributed by atoms with Crippen LogP contribution in [0.25, 0.3) is 0 Å². The number of rotatable bonds is 1. The van der Waals surface area contributed by atoms with Crippen LogP contribution in [-0.2, 0) is 15.1 Å². The number of Topliss-reactive ketones (excluding diaryl/α,β-unsaturated/α-hetero) is 1. The Morgan fingerprint density at radius 2 is 2.18 bits per heavy atom. The molecule has 1 aliphatic rings. The van der Waals surface area contributed by atoms with Gasteiger partial charge in [0.1, 0.15) is 5.82 Å². The van der Waals surface area contributed by atoms with Crippen molar-refractivity contribution in [1.29, 1.82) is 0 Å². The SMILES string of the molecule is CC1(c2cccc(Cl)c2F)OC(N)=C(O)C1=O. The number of aliphatic hydroxyl groups is 1. The molecule has 1 atom stereocenters.